The van der Waals surface area contributed by atoms with Gasteiger partial charge in [0.1, 0.15) is 5.75 Å². The Bertz CT molecular complexity index is 467. The van der Waals surface area contributed by atoms with Crippen molar-refractivity contribution in [1.29, 1.82) is 0 Å². The predicted molar refractivity (Wildman–Crippen MR) is 79.4 cm³/mol. The molecule has 1 aliphatic rings. The predicted octanol–water partition coefficient (Wildman–Crippen LogP) is 3.23. The number of benzene rings is 1. The molecule has 104 valence electrons. The third-order valence-corrected chi connectivity index (χ3v) is 4.68. The Kier molecular flexibility index (Phi) is 4.63. The summed E-state index contributed by atoms with van der Waals surface area (Å²) in [5, 5.41) is 0. The number of carbonyl (C=O) groups excluding carboxylic acids is 1. The Morgan fingerprint density at radius 1 is 1.37 bits per heavy atom. The minimum absolute atomic E-state index is 0.140. The molecule has 1 saturated carbocycles. The van der Waals surface area contributed by atoms with E-state index in [0.717, 1.165) is 41.5 Å². The van der Waals surface area contributed by atoms with Gasteiger partial charge in [-0.25, -0.2) is 0 Å². The molecule has 0 heterocycles. The second-order valence-electron chi connectivity index (χ2n) is 5.27. The molecule has 0 bridgehead atoms. The zero-order valence-electron chi connectivity index (χ0n) is 11.2. The number of halogens is 1. The third-order valence-electron chi connectivity index (χ3n) is 3.90. The molecule has 1 fully saturated rings. The fourth-order valence-electron chi connectivity index (χ4n) is 2.62. The minimum Gasteiger partial charge on any atom is -0.497 e. The highest BCUT2D eigenvalue weighted by atomic mass is 79.9. The van der Waals surface area contributed by atoms with Gasteiger partial charge in [0.15, 0.2) is 5.78 Å². The summed E-state index contributed by atoms with van der Waals surface area (Å²) >= 11 is 3.48. The maximum atomic E-state index is 12.5. The van der Waals surface area contributed by atoms with Gasteiger partial charge in [-0.05, 0) is 36.6 Å². The number of nitrogens with two attached hydrogens (primary N) is 1. The molecule has 0 amide bonds. The van der Waals surface area contributed by atoms with Gasteiger partial charge in [0.25, 0.3) is 0 Å². The average Bonchev–Trinajstić information content (AvgIpc) is 2.42. The molecule has 1 aromatic rings. The number of Topliss-reactive ketones (excluding diaryl/α,β-unsaturated/α-hetero) is 1. The number of ketones is 1. The molecule has 0 unspecified atom stereocenters. The second kappa shape index (κ2) is 6.06. The first-order valence-electron chi connectivity index (χ1n) is 6.70. The first-order chi connectivity index (χ1) is 9.05. The summed E-state index contributed by atoms with van der Waals surface area (Å²) in [4.78, 5) is 12.5. The number of hydrogen-bond acceptors (Lipinski definition) is 3. The molecule has 0 saturated heterocycles. The van der Waals surface area contributed by atoms with Crippen molar-refractivity contribution in [2.45, 2.75) is 44.1 Å². The maximum absolute atomic E-state index is 12.5. The van der Waals surface area contributed by atoms with Gasteiger partial charge >= 0.3 is 0 Å². The van der Waals surface area contributed by atoms with Crippen molar-refractivity contribution < 1.29 is 9.53 Å². The van der Waals surface area contributed by atoms with E-state index in [1.54, 1.807) is 7.11 Å². The number of hydrogen-bond donors (Lipinski definition) is 1. The molecule has 0 atom stereocenters. The number of rotatable bonds is 4. The van der Waals surface area contributed by atoms with Gasteiger partial charge in [-0.3, -0.25) is 4.79 Å². The summed E-state index contributed by atoms with van der Waals surface area (Å²) in [6.45, 7) is 0. The van der Waals surface area contributed by atoms with E-state index in [1.807, 2.05) is 18.2 Å². The fraction of sp³-hybridized carbons (Fsp3) is 0.533. The highest BCUT2D eigenvalue weighted by molar-refractivity contribution is 9.10. The lowest BCUT2D eigenvalue weighted by atomic mass is 9.78. The molecule has 0 radical (unpaired) electrons. The average molecular weight is 326 g/mol. The highest BCUT2D eigenvalue weighted by Gasteiger charge is 2.34. The van der Waals surface area contributed by atoms with Crippen molar-refractivity contribution in [2.75, 3.05) is 7.11 Å². The van der Waals surface area contributed by atoms with Crippen LogP contribution in [0.3, 0.4) is 0 Å². The molecule has 0 aliphatic heterocycles. The van der Waals surface area contributed by atoms with Crippen molar-refractivity contribution in [1.82, 2.24) is 0 Å². The second-order valence-corrected chi connectivity index (χ2v) is 6.13. The molecule has 0 spiro atoms. The van der Waals surface area contributed by atoms with Crippen LogP contribution in [0.1, 0.15) is 37.7 Å². The van der Waals surface area contributed by atoms with Gasteiger partial charge in [0, 0.05) is 10.9 Å². The largest absolute Gasteiger partial charge is 0.497 e. The number of ether oxygens (including phenoxy) is 1. The van der Waals surface area contributed by atoms with Crippen molar-refractivity contribution in [3.63, 3.8) is 0 Å². The Balaban J connectivity index is 2.14. The van der Waals surface area contributed by atoms with Crippen LogP contribution in [0.5, 0.6) is 5.75 Å². The normalized spacial score (nSPS) is 18.1. The van der Waals surface area contributed by atoms with E-state index in [4.69, 9.17) is 10.5 Å². The van der Waals surface area contributed by atoms with Gasteiger partial charge in [0.2, 0.25) is 0 Å². The van der Waals surface area contributed by atoms with Crippen LogP contribution < -0.4 is 10.5 Å². The van der Waals surface area contributed by atoms with Gasteiger partial charge in [-0.2, -0.15) is 0 Å². The maximum Gasteiger partial charge on any atom is 0.157 e. The standard InChI is InChI=1S/C15H20BrNO2/c1-19-12-5-6-13(16)11(9-12)10-14(18)15(17)7-3-2-4-8-15/h5-6,9H,2-4,7-8,10,17H2,1H3. The molecule has 1 aliphatic carbocycles. The van der Waals surface area contributed by atoms with Crippen LogP contribution in [-0.2, 0) is 11.2 Å². The third kappa shape index (κ3) is 3.37. The molecule has 2 N–H and O–H groups in total. The van der Waals surface area contributed by atoms with E-state index in [9.17, 15) is 4.79 Å². The van der Waals surface area contributed by atoms with Gasteiger partial charge in [-0.1, -0.05) is 35.2 Å². The Hall–Kier alpha value is -0.870. The van der Waals surface area contributed by atoms with Crippen LogP contribution in [0.4, 0.5) is 0 Å². The summed E-state index contributed by atoms with van der Waals surface area (Å²) in [5.41, 5.74) is 6.59. The topological polar surface area (TPSA) is 52.3 Å². The van der Waals surface area contributed by atoms with Gasteiger partial charge in [0.05, 0.1) is 12.6 Å². The zero-order valence-corrected chi connectivity index (χ0v) is 12.8. The highest BCUT2D eigenvalue weighted by Crippen LogP contribution is 2.30. The SMILES string of the molecule is COc1ccc(Br)c(CC(=O)C2(N)CCCCC2)c1. The lowest BCUT2D eigenvalue weighted by Crippen LogP contribution is -2.50. The van der Waals surface area contributed by atoms with E-state index in [1.165, 1.54) is 6.42 Å². The van der Waals surface area contributed by atoms with Crippen molar-refractivity contribution in [3.05, 3.63) is 28.2 Å². The lowest BCUT2D eigenvalue weighted by molar-refractivity contribution is -0.124. The van der Waals surface area contributed by atoms with Gasteiger partial charge < -0.3 is 10.5 Å². The van der Waals surface area contributed by atoms with Crippen molar-refractivity contribution >= 4 is 21.7 Å². The summed E-state index contributed by atoms with van der Waals surface area (Å²) in [6.07, 6.45) is 5.30. The number of carbonyl (C=O) groups is 1. The van der Waals surface area contributed by atoms with Crippen molar-refractivity contribution in [3.8, 4) is 5.75 Å². The molecule has 4 heteroatoms. The minimum atomic E-state index is -0.624. The monoisotopic (exact) mass is 325 g/mol. The van der Waals surface area contributed by atoms with E-state index >= 15 is 0 Å². The Morgan fingerprint density at radius 3 is 2.68 bits per heavy atom. The summed E-state index contributed by atoms with van der Waals surface area (Å²) < 4.78 is 6.13. The van der Waals surface area contributed by atoms with Crippen LogP contribution >= 0.6 is 15.9 Å². The van der Waals surface area contributed by atoms with Crippen LogP contribution in [0.2, 0.25) is 0 Å². The van der Waals surface area contributed by atoms with Gasteiger partial charge in [-0.15, -0.1) is 0 Å². The summed E-state index contributed by atoms with van der Waals surface area (Å²) in [5.74, 6) is 0.905. The molecule has 0 aromatic heterocycles. The summed E-state index contributed by atoms with van der Waals surface area (Å²) in [6, 6.07) is 5.68. The van der Waals surface area contributed by atoms with Crippen LogP contribution in [0.15, 0.2) is 22.7 Å². The molecular formula is C15H20BrNO2. The quantitative estimate of drug-likeness (QED) is 0.924. The smallest absolute Gasteiger partial charge is 0.157 e. The first-order valence-corrected chi connectivity index (χ1v) is 7.49. The van der Waals surface area contributed by atoms with Crippen LogP contribution in [0.25, 0.3) is 0 Å². The zero-order chi connectivity index (χ0) is 13.9. The fourth-order valence-corrected chi connectivity index (χ4v) is 3.01. The van der Waals surface area contributed by atoms with E-state index < -0.39 is 5.54 Å². The Morgan fingerprint density at radius 2 is 2.05 bits per heavy atom. The van der Waals surface area contributed by atoms with E-state index in [0.29, 0.717) is 6.42 Å². The number of methoxy groups -OCH3 is 1. The first kappa shape index (κ1) is 14.5. The molecule has 1 aromatic carbocycles. The van der Waals surface area contributed by atoms with Crippen molar-refractivity contribution in [2.24, 2.45) is 5.73 Å². The summed E-state index contributed by atoms with van der Waals surface area (Å²) in [7, 11) is 1.63. The molecule has 19 heavy (non-hydrogen) atoms. The Labute approximate surface area is 122 Å². The van der Waals surface area contributed by atoms with Crippen LogP contribution in [0, 0.1) is 0 Å². The van der Waals surface area contributed by atoms with Crippen LogP contribution in [-0.4, -0.2) is 18.4 Å². The molecule has 2 rings (SSSR count). The molecule has 3 nitrogen and oxygen atoms in total. The van der Waals surface area contributed by atoms with E-state index in [2.05, 4.69) is 15.9 Å². The lowest BCUT2D eigenvalue weighted by Gasteiger charge is -2.32. The molecular weight excluding hydrogens is 306 g/mol. The van der Waals surface area contributed by atoms with E-state index in [-0.39, 0.29) is 5.78 Å².